The van der Waals surface area contributed by atoms with Gasteiger partial charge in [0.2, 0.25) is 5.91 Å². The third-order valence-electron chi connectivity index (χ3n) is 4.71. The zero-order chi connectivity index (χ0) is 17.3. The van der Waals surface area contributed by atoms with Crippen molar-refractivity contribution in [2.24, 2.45) is 5.73 Å². The topological polar surface area (TPSA) is 81.9 Å². The molecule has 3 N–H and O–H groups in total. The molecule has 2 aliphatic rings. The van der Waals surface area contributed by atoms with E-state index in [0.717, 1.165) is 56.1 Å². The summed E-state index contributed by atoms with van der Waals surface area (Å²) in [6.07, 6.45) is 0.801. The maximum Gasteiger partial charge on any atom is 0.251 e. The van der Waals surface area contributed by atoms with Crippen LogP contribution < -0.4 is 11.1 Å². The molecule has 24 heavy (non-hydrogen) atoms. The molecule has 0 aromatic carbocycles. The Balaban J connectivity index is 1.70. The highest BCUT2D eigenvalue weighted by molar-refractivity contribution is 7.17. The van der Waals surface area contributed by atoms with Gasteiger partial charge in [0.1, 0.15) is 5.00 Å². The molecule has 1 aromatic rings. The van der Waals surface area contributed by atoms with E-state index < -0.39 is 5.91 Å². The normalized spacial score (nSPS) is 19.9. The SMILES string of the molecule is CN1CCN(CC(=O)Nc2sc3c(c2C(N)=O)CCN(C)C3)CC1. The summed E-state index contributed by atoms with van der Waals surface area (Å²) >= 11 is 1.48. The van der Waals surface area contributed by atoms with Crippen LogP contribution in [0.25, 0.3) is 0 Å². The van der Waals surface area contributed by atoms with Crippen LogP contribution in [0.4, 0.5) is 5.00 Å². The number of hydrogen-bond donors (Lipinski definition) is 2. The molecule has 0 unspecified atom stereocenters. The number of primary amides is 1. The van der Waals surface area contributed by atoms with Gasteiger partial charge in [-0.3, -0.25) is 14.5 Å². The predicted octanol–water partition coefficient (Wildman–Crippen LogP) is 0.0208. The minimum absolute atomic E-state index is 0.0750. The largest absolute Gasteiger partial charge is 0.365 e. The fraction of sp³-hybridized carbons (Fsp3) is 0.625. The average molecular weight is 351 g/mol. The number of carbonyl (C=O) groups is 2. The van der Waals surface area contributed by atoms with Crippen LogP contribution in [0.1, 0.15) is 20.8 Å². The van der Waals surface area contributed by atoms with Crippen LogP contribution in [0.3, 0.4) is 0 Å². The van der Waals surface area contributed by atoms with Crippen LogP contribution in [-0.2, 0) is 17.8 Å². The third-order valence-corrected chi connectivity index (χ3v) is 5.84. The minimum Gasteiger partial charge on any atom is -0.365 e. The lowest BCUT2D eigenvalue weighted by Crippen LogP contribution is -2.47. The number of nitrogens with zero attached hydrogens (tertiary/aromatic N) is 3. The highest BCUT2D eigenvalue weighted by atomic mass is 32.1. The van der Waals surface area contributed by atoms with Gasteiger partial charge in [0.05, 0.1) is 12.1 Å². The monoisotopic (exact) mass is 351 g/mol. The van der Waals surface area contributed by atoms with Crippen molar-refractivity contribution >= 4 is 28.2 Å². The van der Waals surface area contributed by atoms with E-state index in [1.165, 1.54) is 11.3 Å². The summed E-state index contributed by atoms with van der Waals surface area (Å²) in [4.78, 5) is 32.0. The predicted molar refractivity (Wildman–Crippen MR) is 95.4 cm³/mol. The van der Waals surface area contributed by atoms with E-state index >= 15 is 0 Å². The van der Waals surface area contributed by atoms with Crippen molar-refractivity contribution in [3.8, 4) is 0 Å². The van der Waals surface area contributed by atoms with Crippen molar-refractivity contribution in [2.75, 3.05) is 58.7 Å². The highest BCUT2D eigenvalue weighted by Gasteiger charge is 2.27. The first-order valence-corrected chi connectivity index (χ1v) is 9.09. The van der Waals surface area contributed by atoms with Gasteiger partial charge in [-0.05, 0) is 26.1 Å². The highest BCUT2D eigenvalue weighted by Crippen LogP contribution is 2.36. The Bertz CT molecular complexity index is 637. The fourth-order valence-corrected chi connectivity index (χ4v) is 4.60. The van der Waals surface area contributed by atoms with Crippen molar-refractivity contribution in [2.45, 2.75) is 13.0 Å². The lowest BCUT2D eigenvalue weighted by molar-refractivity contribution is -0.117. The molecule has 0 aliphatic carbocycles. The molecule has 2 aliphatic heterocycles. The van der Waals surface area contributed by atoms with Gasteiger partial charge in [-0.15, -0.1) is 11.3 Å². The summed E-state index contributed by atoms with van der Waals surface area (Å²) in [7, 11) is 4.14. The summed E-state index contributed by atoms with van der Waals surface area (Å²) in [5, 5.41) is 3.54. The third kappa shape index (κ3) is 3.77. The number of piperazine rings is 1. The summed E-state index contributed by atoms with van der Waals surface area (Å²) in [6, 6.07) is 0. The summed E-state index contributed by atoms with van der Waals surface area (Å²) in [6.45, 7) is 5.78. The van der Waals surface area contributed by atoms with Gasteiger partial charge in [-0.1, -0.05) is 0 Å². The van der Waals surface area contributed by atoms with Gasteiger partial charge in [0, 0.05) is 44.1 Å². The van der Waals surface area contributed by atoms with E-state index in [9.17, 15) is 9.59 Å². The number of carbonyl (C=O) groups excluding carboxylic acids is 2. The van der Waals surface area contributed by atoms with Crippen LogP contribution in [0, 0.1) is 0 Å². The van der Waals surface area contributed by atoms with Crippen LogP contribution in [0.5, 0.6) is 0 Å². The van der Waals surface area contributed by atoms with Crippen LogP contribution >= 0.6 is 11.3 Å². The molecule has 2 amide bonds. The van der Waals surface area contributed by atoms with Crippen molar-refractivity contribution in [3.05, 3.63) is 16.0 Å². The van der Waals surface area contributed by atoms with Gasteiger partial charge in [-0.2, -0.15) is 0 Å². The van der Waals surface area contributed by atoms with E-state index in [2.05, 4.69) is 34.1 Å². The maximum atomic E-state index is 12.4. The number of likely N-dealkylation sites (N-methyl/N-ethyl adjacent to an activating group) is 2. The van der Waals surface area contributed by atoms with Crippen molar-refractivity contribution in [1.29, 1.82) is 0 Å². The number of rotatable bonds is 4. The minimum atomic E-state index is -0.452. The molecule has 0 bridgehead atoms. The fourth-order valence-electron chi connectivity index (χ4n) is 3.26. The number of amides is 2. The standard InChI is InChI=1S/C16H25N5O2S/c1-19-5-7-21(8-6-19)10-13(22)18-16-14(15(17)23)11-3-4-20(2)9-12(11)24-16/h3-10H2,1-2H3,(H2,17,23)(H,18,22). The molecule has 0 radical (unpaired) electrons. The number of thiophene rings is 1. The molecule has 1 aromatic heterocycles. The molecule has 3 rings (SSSR count). The Labute approximate surface area is 146 Å². The van der Waals surface area contributed by atoms with E-state index in [0.29, 0.717) is 17.1 Å². The summed E-state index contributed by atoms with van der Waals surface area (Å²) in [5.41, 5.74) is 7.10. The molecule has 0 spiro atoms. The van der Waals surface area contributed by atoms with Gasteiger partial charge in [-0.25, -0.2) is 0 Å². The van der Waals surface area contributed by atoms with E-state index in [1.54, 1.807) is 0 Å². The lowest BCUT2D eigenvalue weighted by atomic mass is 10.0. The van der Waals surface area contributed by atoms with Crippen LogP contribution in [0.2, 0.25) is 0 Å². The molecule has 0 atom stereocenters. The molecule has 7 nitrogen and oxygen atoms in total. The van der Waals surface area contributed by atoms with Gasteiger partial charge >= 0.3 is 0 Å². The Morgan fingerprint density at radius 2 is 1.83 bits per heavy atom. The Kier molecular flexibility index (Phi) is 5.19. The van der Waals surface area contributed by atoms with Gasteiger partial charge < -0.3 is 20.9 Å². The average Bonchev–Trinajstić information content (AvgIpc) is 2.86. The van der Waals surface area contributed by atoms with E-state index in [-0.39, 0.29) is 5.91 Å². The van der Waals surface area contributed by atoms with E-state index in [1.807, 2.05) is 0 Å². The van der Waals surface area contributed by atoms with E-state index in [4.69, 9.17) is 5.73 Å². The number of fused-ring (bicyclic) bond motifs is 1. The second-order valence-electron chi connectivity index (χ2n) is 6.69. The zero-order valence-corrected chi connectivity index (χ0v) is 15.1. The van der Waals surface area contributed by atoms with Gasteiger partial charge in [0.15, 0.2) is 0 Å². The van der Waals surface area contributed by atoms with Crippen molar-refractivity contribution in [1.82, 2.24) is 14.7 Å². The van der Waals surface area contributed by atoms with Gasteiger partial charge in [0.25, 0.3) is 5.91 Å². The zero-order valence-electron chi connectivity index (χ0n) is 14.3. The lowest BCUT2D eigenvalue weighted by Gasteiger charge is -2.31. The second-order valence-corrected chi connectivity index (χ2v) is 7.79. The Morgan fingerprint density at radius 3 is 2.50 bits per heavy atom. The molecule has 8 heteroatoms. The summed E-state index contributed by atoms with van der Waals surface area (Å²) in [5.74, 6) is -0.527. The first kappa shape index (κ1) is 17.3. The molecule has 3 heterocycles. The number of nitrogens with two attached hydrogens (primary N) is 1. The number of anilines is 1. The van der Waals surface area contributed by atoms with Crippen molar-refractivity contribution < 1.29 is 9.59 Å². The molecule has 1 saturated heterocycles. The quantitative estimate of drug-likeness (QED) is 0.799. The Morgan fingerprint density at radius 1 is 1.12 bits per heavy atom. The molecular weight excluding hydrogens is 326 g/mol. The van der Waals surface area contributed by atoms with Crippen LogP contribution in [0.15, 0.2) is 0 Å². The maximum absolute atomic E-state index is 12.4. The molecule has 1 fully saturated rings. The van der Waals surface area contributed by atoms with Crippen LogP contribution in [-0.4, -0.2) is 79.9 Å². The smallest absolute Gasteiger partial charge is 0.251 e. The first-order chi connectivity index (χ1) is 11.4. The molecule has 132 valence electrons. The summed E-state index contributed by atoms with van der Waals surface area (Å²) < 4.78 is 0. The first-order valence-electron chi connectivity index (χ1n) is 8.27. The molecule has 0 saturated carbocycles. The van der Waals surface area contributed by atoms with Crippen molar-refractivity contribution in [3.63, 3.8) is 0 Å². The Hall–Kier alpha value is -1.48. The number of nitrogens with one attached hydrogen (secondary N) is 1. The second kappa shape index (κ2) is 7.18. The number of hydrogen-bond acceptors (Lipinski definition) is 6. The molecular formula is C16H25N5O2S.